The molecule has 0 N–H and O–H groups in total. The van der Waals surface area contributed by atoms with Gasteiger partial charge in [-0.05, 0) is 38.8 Å². The highest BCUT2D eigenvalue weighted by Gasteiger charge is 2.14. The lowest BCUT2D eigenvalue weighted by Gasteiger charge is -2.20. The van der Waals surface area contributed by atoms with Gasteiger partial charge in [-0.1, -0.05) is 26.7 Å². The molecule has 2 unspecified atom stereocenters. The van der Waals surface area contributed by atoms with Gasteiger partial charge >= 0.3 is 5.97 Å². The molecule has 0 heterocycles. The monoisotopic (exact) mass is 308 g/mol. The maximum atomic E-state index is 11.1. The van der Waals surface area contributed by atoms with Crippen LogP contribution in [0.1, 0.15) is 60.3 Å². The summed E-state index contributed by atoms with van der Waals surface area (Å²) < 4.78 is 17.1. The van der Waals surface area contributed by atoms with E-state index in [1.54, 1.807) is 18.2 Å². The van der Waals surface area contributed by atoms with E-state index in [9.17, 15) is 4.79 Å². The normalized spacial score (nSPS) is 13.3. The lowest BCUT2D eigenvalue weighted by Crippen LogP contribution is -2.15. The van der Waals surface area contributed by atoms with Crippen LogP contribution in [0.25, 0.3) is 0 Å². The van der Waals surface area contributed by atoms with E-state index in [0.717, 1.165) is 25.7 Å². The minimum atomic E-state index is -0.347. The van der Waals surface area contributed by atoms with Crippen molar-refractivity contribution < 1.29 is 19.0 Å². The second-order valence-corrected chi connectivity index (χ2v) is 5.64. The molecule has 2 atom stereocenters. The van der Waals surface area contributed by atoms with Crippen molar-refractivity contribution in [1.29, 1.82) is 0 Å². The number of esters is 1. The summed E-state index contributed by atoms with van der Waals surface area (Å²) in [5.41, 5.74) is 0. The zero-order valence-corrected chi connectivity index (χ0v) is 14.3. The molecule has 0 saturated carbocycles. The molecule has 1 rings (SSSR count). The van der Waals surface area contributed by atoms with E-state index in [1.807, 2.05) is 13.8 Å². The summed E-state index contributed by atoms with van der Waals surface area (Å²) in [6, 6.07) is 5.26. The first-order chi connectivity index (χ1) is 10.5. The van der Waals surface area contributed by atoms with Crippen LogP contribution in [0.15, 0.2) is 18.2 Å². The average Bonchev–Trinajstić information content (AvgIpc) is 2.41. The quantitative estimate of drug-likeness (QED) is 0.488. The van der Waals surface area contributed by atoms with Crippen LogP contribution >= 0.6 is 0 Å². The first-order valence-corrected chi connectivity index (χ1v) is 8.12. The highest BCUT2D eigenvalue weighted by Crippen LogP contribution is 2.34. The van der Waals surface area contributed by atoms with Gasteiger partial charge in [-0.25, -0.2) is 0 Å². The van der Waals surface area contributed by atoms with Crippen LogP contribution in [0.5, 0.6) is 17.2 Å². The number of benzene rings is 1. The van der Waals surface area contributed by atoms with Crippen molar-refractivity contribution >= 4 is 5.97 Å². The topological polar surface area (TPSA) is 44.8 Å². The predicted octanol–water partition coefficient (Wildman–Crippen LogP) is 4.75. The molecule has 0 spiro atoms. The molecule has 4 heteroatoms. The van der Waals surface area contributed by atoms with Crippen molar-refractivity contribution in [2.75, 3.05) is 0 Å². The number of hydrogen-bond donors (Lipinski definition) is 0. The third-order valence-corrected chi connectivity index (χ3v) is 3.22. The smallest absolute Gasteiger partial charge is 0.308 e. The average molecular weight is 308 g/mol. The Kier molecular flexibility index (Phi) is 7.78. The van der Waals surface area contributed by atoms with Crippen LogP contribution in [0.4, 0.5) is 0 Å². The number of hydrogen-bond acceptors (Lipinski definition) is 4. The van der Waals surface area contributed by atoms with E-state index in [1.165, 1.54) is 6.92 Å². The minimum absolute atomic E-state index is 0.0846. The molecule has 22 heavy (non-hydrogen) atoms. The van der Waals surface area contributed by atoms with Crippen molar-refractivity contribution in [3.8, 4) is 17.2 Å². The fourth-order valence-corrected chi connectivity index (χ4v) is 2.27. The van der Waals surface area contributed by atoms with Crippen molar-refractivity contribution in [3.05, 3.63) is 18.2 Å². The van der Waals surface area contributed by atoms with Gasteiger partial charge in [-0.3, -0.25) is 4.79 Å². The van der Waals surface area contributed by atoms with E-state index in [-0.39, 0.29) is 18.2 Å². The number of carbonyl (C=O) groups is 1. The van der Waals surface area contributed by atoms with Crippen LogP contribution in [0.3, 0.4) is 0 Å². The first-order valence-electron chi connectivity index (χ1n) is 8.12. The summed E-state index contributed by atoms with van der Waals surface area (Å²) >= 11 is 0. The summed E-state index contributed by atoms with van der Waals surface area (Å²) in [4.78, 5) is 11.1. The molecule has 0 radical (unpaired) electrons. The summed E-state index contributed by atoms with van der Waals surface area (Å²) in [7, 11) is 0. The number of rotatable bonds is 9. The van der Waals surface area contributed by atoms with Gasteiger partial charge in [0, 0.05) is 13.0 Å². The molecule has 0 aliphatic carbocycles. The lowest BCUT2D eigenvalue weighted by atomic mass is 10.2. The standard InChI is InChI=1S/C18H28O4/c1-6-8-13(3)20-17-11-10-16(22-15(5)19)12-18(17)21-14(4)9-7-2/h10-14H,6-9H2,1-5H3. The van der Waals surface area contributed by atoms with Gasteiger partial charge in [0.25, 0.3) is 0 Å². The van der Waals surface area contributed by atoms with E-state index >= 15 is 0 Å². The molecule has 0 aliphatic heterocycles. The SMILES string of the molecule is CCCC(C)Oc1ccc(OC(C)=O)cc1OC(C)CCC. The summed E-state index contributed by atoms with van der Waals surface area (Å²) in [5.74, 6) is 1.45. The van der Waals surface area contributed by atoms with E-state index in [4.69, 9.17) is 14.2 Å². The molecule has 1 aromatic rings. The van der Waals surface area contributed by atoms with E-state index in [2.05, 4.69) is 13.8 Å². The third kappa shape index (κ3) is 6.37. The van der Waals surface area contributed by atoms with Crippen LogP contribution in [0.2, 0.25) is 0 Å². The van der Waals surface area contributed by atoms with Crippen LogP contribution in [-0.2, 0) is 4.79 Å². The fourth-order valence-electron chi connectivity index (χ4n) is 2.27. The van der Waals surface area contributed by atoms with Gasteiger partial charge in [0.2, 0.25) is 0 Å². The zero-order valence-electron chi connectivity index (χ0n) is 14.3. The Bertz CT molecular complexity index is 470. The molecule has 124 valence electrons. The Labute approximate surface area is 133 Å². The lowest BCUT2D eigenvalue weighted by molar-refractivity contribution is -0.131. The second kappa shape index (κ2) is 9.34. The Morgan fingerprint density at radius 2 is 1.55 bits per heavy atom. The second-order valence-electron chi connectivity index (χ2n) is 5.64. The van der Waals surface area contributed by atoms with E-state index < -0.39 is 0 Å². The Morgan fingerprint density at radius 3 is 2.05 bits per heavy atom. The summed E-state index contributed by atoms with van der Waals surface area (Å²) in [6.45, 7) is 9.71. The molecular weight excluding hydrogens is 280 g/mol. The largest absolute Gasteiger partial charge is 0.487 e. The molecule has 0 fully saturated rings. The molecular formula is C18H28O4. The molecule has 0 amide bonds. The van der Waals surface area contributed by atoms with Gasteiger partial charge in [0.15, 0.2) is 11.5 Å². The highest BCUT2D eigenvalue weighted by molar-refractivity contribution is 5.69. The van der Waals surface area contributed by atoms with Crippen molar-refractivity contribution in [2.45, 2.75) is 72.5 Å². The Morgan fingerprint density at radius 1 is 1.00 bits per heavy atom. The molecule has 4 nitrogen and oxygen atoms in total. The van der Waals surface area contributed by atoms with Gasteiger partial charge in [-0.2, -0.15) is 0 Å². The van der Waals surface area contributed by atoms with Gasteiger partial charge < -0.3 is 14.2 Å². The first kappa shape index (κ1) is 18.3. The van der Waals surface area contributed by atoms with Gasteiger partial charge in [-0.15, -0.1) is 0 Å². The van der Waals surface area contributed by atoms with Gasteiger partial charge in [0.05, 0.1) is 12.2 Å². The highest BCUT2D eigenvalue weighted by atomic mass is 16.5. The maximum absolute atomic E-state index is 11.1. The summed E-state index contributed by atoms with van der Waals surface area (Å²) in [5, 5.41) is 0. The number of carbonyl (C=O) groups excluding carboxylic acids is 1. The number of ether oxygens (including phenoxy) is 3. The fraction of sp³-hybridized carbons (Fsp3) is 0.611. The molecule has 0 aromatic heterocycles. The Hall–Kier alpha value is -1.71. The van der Waals surface area contributed by atoms with Crippen LogP contribution < -0.4 is 14.2 Å². The maximum Gasteiger partial charge on any atom is 0.308 e. The molecule has 0 aliphatic rings. The van der Waals surface area contributed by atoms with Crippen molar-refractivity contribution in [3.63, 3.8) is 0 Å². The van der Waals surface area contributed by atoms with Crippen LogP contribution in [-0.4, -0.2) is 18.2 Å². The minimum Gasteiger partial charge on any atom is -0.487 e. The summed E-state index contributed by atoms with van der Waals surface area (Å²) in [6.07, 6.45) is 4.26. The van der Waals surface area contributed by atoms with Gasteiger partial charge in [0.1, 0.15) is 5.75 Å². The van der Waals surface area contributed by atoms with Crippen molar-refractivity contribution in [2.24, 2.45) is 0 Å². The Balaban J connectivity index is 2.94. The zero-order chi connectivity index (χ0) is 16.5. The molecule has 0 saturated heterocycles. The van der Waals surface area contributed by atoms with E-state index in [0.29, 0.717) is 17.2 Å². The predicted molar refractivity (Wildman–Crippen MR) is 87.7 cm³/mol. The molecule has 1 aromatic carbocycles. The molecule has 0 bridgehead atoms. The third-order valence-electron chi connectivity index (χ3n) is 3.22. The van der Waals surface area contributed by atoms with Crippen molar-refractivity contribution in [1.82, 2.24) is 0 Å². The van der Waals surface area contributed by atoms with Crippen LogP contribution in [0, 0.1) is 0 Å².